The van der Waals surface area contributed by atoms with Crippen LogP contribution < -0.4 is 0 Å². The molecule has 0 aromatic carbocycles. The summed E-state index contributed by atoms with van der Waals surface area (Å²) >= 11 is 0. The van der Waals surface area contributed by atoms with Gasteiger partial charge in [0.15, 0.2) is 0 Å². The summed E-state index contributed by atoms with van der Waals surface area (Å²) in [6.07, 6.45) is -4.54. The highest BCUT2D eigenvalue weighted by atomic mass is 19.4. The second-order valence-electron chi connectivity index (χ2n) is 3.89. The summed E-state index contributed by atoms with van der Waals surface area (Å²) in [4.78, 5) is 0. The highest BCUT2D eigenvalue weighted by Gasteiger charge is 2.80. The zero-order valence-corrected chi connectivity index (χ0v) is 7.54. The molecule has 0 radical (unpaired) electrons. The van der Waals surface area contributed by atoms with Gasteiger partial charge in [-0.2, -0.15) is 13.2 Å². The Kier molecular flexibility index (Phi) is 1.95. The van der Waals surface area contributed by atoms with Gasteiger partial charge in [-0.25, -0.2) is 8.78 Å². The van der Waals surface area contributed by atoms with Crippen molar-refractivity contribution in [2.24, 2.45) is 17.3 Å². The first kappa shape index (κ1) is 10.7. The van der Waals surface area contributed by atoms with Crippen molar-refractivity contribution in [2.75, 3.05) is 0 Å². The van der Waals surface area contributed by atoms with Crippen molar-refractivity contribution in [3.63, 3.8) is 0 Å². The quantitative estimate of drug-likeness (QED) is 0.571. The van der Waals surface area contributed by atoms with E-state index in [0.29, 0.717) is 0 Å². The molecular weight excluding hydrogens is 191 g/mol. The molecule has 1 aliphatic rings. The Bertz CT molecular complexity index is 219. The van der Waals surface area contributed by atoms with E-state index >= 15 is 0 Å². The Labute approximate surface area is 73.1 Å². The smallest absolute Gasteiger partial charge is 0.206 e. The van der Waals surface area contributed by atoms with Crippen molar-refractivity contribution < 1.29 is 22.0 Å². The van der Waals surface area contributed by atoms with Crippen LogP contribution in [0.2, 0.25) is 0 Å². The third kappa shape index (κ3) is 1.15. The molecule has 0 aliphatic heterocycles. The summed E-state index contributed by atoms with van der Waals surface area (Å²) in [6.45, 7) is 2.97. The Hall–Kier alpha value is -0.350. The number of hydrogen-bond donors (Lipinski definition) is 0. The fourth-order valence-electron chi connectivity index (χ4n) is 1.76. The fourth-order valence-corrected chi connectivity index (χ4v) is 1.76. The minimum atomic E-state index is -4.54. The molecule has 13 heavy (non-hydrogen) atoms. The number of alkyl halides is 5. The van der Waals surface area contributed by atoms with Crippen LogP contribution in [-0.2, 0) is 0 Å². The Morgan fingerprint density at radius 3 is 1.62 bits per heavy atom. The minimum absolute atomic E-state index is 0.817. The van der Waals surface area contributed by atoms with E-state index in [1.54, 1.807) is 0 Å². The van der Waals surface area contributed by atoms with E-state index in [9.17, 15) is 22.0 Å². The van der Waals surface area contributed by atoms with Crippen LogP contribution in [0.3, 0.4) is 0 Å². The zero-order chi connectivity index (χ0) is 10.7. The van der Waals surface area contributed by atoms with E-state index in [4.69, 9.17) is 0 Å². The molecule has 3 unspecified atom stereocenters. The first-order chi connectivity index (χ1) is 5.56. The maximum absolute atomic E-state index is 12.9. The van der Waals surface area contributed by atoms with E-state index in [2.05, 4.69) is 0 Å². The van der Waals surface area contributed by atoms with Gasteiger partial charge >= 0.3 is 6.18 Å². The van der Waals surface area contributed by atoms with E-state index in [0.717, 1.165) is 20.8 Å². The average molecular weight is 202 g/mol. The van der Waals surface area contributed by atoms with Crippen LogP contribution in [0.1, 0.15) is 20.8 Å². The molecule has 1 fully saturated rings. The van der Waals surface area contributed by atoms with E-state index in [-0.39, 0.29) is 0 Å². The topological polar surface area (TPSA) is 0 Å². The first-order valence-electron chi connectivity index (χ1n) is 4.00. The molecular formula is C8H11F5. The molecule has 0 saturated heterocycles. The van der Waals surface area contributed by atoms with Crippen molar-refractivity contribution in [3.05, 3.63) is 0 Å². The molecule has 0 aromatic rings. The van der Waals surface area contributed by atoms with Gasteiger partial charge in [0.25, 0.3) is 5.92 Å². The predicted octanol–water partition coefficient (Wildman–Crippen LogP) is 3.48. The van der Waals surface area contributed by atoms with Gasteiger partial charge in [-0.3, -0.25) is 0 Å². The van der Waals surface area contributed by atoms with Gasteiger partial charge in [-0.15, -0.1) is 0 Å². The van der Waals surface area contributed by atoms with Gasteiger partial charge in [0.1, 0.15) is 0 Å². The van der Waals surface area contributed by atoms with Gasteiger partial charge in [-0.1, -0.05) is 20.8 Å². The van der Waals surface area contributed by atoms with Crippen LogP contribution >= 0.6 is 0 Å². The van der Waals surface area contributed by atoms with E-state index in [1.165, 1.54) is 0 Å². The van der Waals surface area contributed by atoms with E-state index in [1.807, 2.05) is 0 Å². The van der Waals surface area contributed by atoms with Crippen molar-refractivity contribution in [3.8, 4) is 0 Å². The molecule has 1 aliphatic carbocycles. The highest BCUT2D eigenvalue weighted by Crippen LogP contribution is 2.71. The molecule has 0 aromatic heterocycles. The van der Waals surface area contributed by atoms with Crippen LogP contribution in [0.4, 0.5) is 22.0 Å². The predicted molar refractivity (Wildman–Crippen MR) is 37.4 cm³/mol. The molecule has 0 N–H and O–H groups in total. The number of halogens is 5. The summed E-state index contributed by atoms with van der Waals surface area (Å²) in [7, 11) is 0. The van der Waals surface area contributed by atoms with Crippen molar-refractivity contribution >= 4 is 0 Å². The first-order valence-corrected chi connectivity index (χ1v) is 4.00. The standard InChI is InChI=1S/C8H11F5/c1-4-6(3,7(4,9)10)5(2)8(11,12)13/h4-5H,1-3H3. The second kappa shape index (κ2) is 2.36. The third-order valence-electron chi connectivity index (χ3n) is 3.47. The van der Waals surface area contributed by atoms with Crippen LogP contribution in [-0.4, -0.2) is 12.1 Å². The van der Waals surface area contributed by atoms with Crippen LogP contribution in [0.15, 0.2) is 0 Å². The van der Waals surface area contributed by atoms with Crippen LogP contribution in [0.25, 0.3) is 0 Å². The Morgan fingerprint density at radius 2 is 1.54 bits per heavy atom. The van der Waals surface area contributed by atoms with Crippen LogP contribution in [0, 0.1) is 17.3 Å². The third-order valence-corrected chi connectivity index (χ3v) is 3.47. The zero-order valence-electron chi connectivity index (χ0n) is 7.54. The lowest BCUT2D eigenvalue weighted by molar-refractivity contribution is -0.196. The maximum atomic E-state index is 12.9. The van der Waals surface area contributed by atoms with Crippen LogP contribution in [0.5, 0.6) is 0 Å². The average Bonchev–Trinajstić information content (AvgIpc) is 2.32. The van der Waals surface area contributed by atoms with E-state index < -0.39 is 29.3 Å². The summed E-state index contributed by atoms with van der Waals surface area (Å²) in [5, 5.41) is 0. The maximum Gasteiger partial charge on any atom is 0.392 e. The molecule has 0 bridgehead atoms. The molecule has 3 atom stereocenters. The van der Waals surface area contributed by atoms with Gasteiger partial charge in [0, 0.05) is 5.92 Å². The summed E-state index contributed by atoms with van der Waals surface area (Å²) in [5.74, 6) is -6.32. The molecule has 1 saturated carbocycles. The SMILES string of the molecule is CC(C(F)(F)F)C1(C)C(C)C1(F)F. The van der Waals surface area contributed by atoms with Crippen molar-refractivity contribution in [1.82, 2.24) is 0 Å². The molecule has 0 amide bonds. The fraction of sp³-hybridized carbons (Fsp3) is 1.00. The molecule has 0 nitrogen and oxygen atoms in total. The highest BCUT2D eigenvalue weighted by molar-refractivity contribution is 5.16. The Morgan fingerprint density at radius 1 is 1.23 bits per heavy atom. The monoisotopic (exact) mass is 202 g/mol. The lowest BCUT2D eigenvalue weighted by Crippen LogP contribution is -2.31. The largest absolute Gasteiger partial charge is 0.392 e. The van der Waals surface area contributed by atoms with Gasteiger partial charge in [0.05, 0.1) is 11.3 Å². The summed E-state index contributed by atoms with van der Waals surface area (Å²) in [6, 6.07) is 0. The summed E-state index contributed by atoms with van der Waals surface area (Å²) in [5.41, 5.74) is -1.91. The molecule has 0 heterocycles. The molecule has 5 heteroatoms. The Balaban J connectivity index is 2.87. The second-order valence-corrected chi connectivity index (χ2v) is 3.89. The molecule has 1 rings (SSSR count). The van der Waals surface area contributed by atoms with Gasteiger partial charge in [-0.05, 0) is 0 Å². The lowest BCUT2D eigenvalue weighted by Gasteiger charge is -2.22. The lowest BCUT2D eigenvalue weighted by atomic mass is 9.89. The normalized spacial score (nSPS) is 40.2. The van der Waals surface area contributed by atoms with Crippen molar-refractivity contribution in [1.29, 1.82) is 0 Å². The minimum Gasteiger partial charge on any atom is -0.206 e. The van der Waals surface area contributed by atoms with Crippen molar-refractivity contribution in [2.45, 2.75) is 32.9 Å². The number of rotatable bonds is 1. The molecule has 0 spiro atoms. The van der Waals surface area contributed by atoms with Gasteiger partial charge < -0.3 is 0 Å². The number of hydrogen-bond acceptors (Lipinski definition) is 0. The summed E-state index contributed by atoms with van der Waals surface area (Å²) < 4.78 is 62.2. The van der Waals surface area contributed by atoms with Gasteiger partial charge in [0.2, 0.25) is 0 Å². The molecule has 78 valence electrons.